The molecule has 1 rings (SSSR count). The van der Waals surface area contributed by atoms with Crippen molar-refractivity contribution >= 4 is 0 Å². The van der Waals surface area contributed by atoms with Gasteiger partial charge in [0.15, 0.2) is 0 Å². The minimum Gasteiger partial charge on any atom is -0.497 e. The zero-order valence-electron chi connectivity index (χ0n) is 10.3. The Labute approximate surface area is 102 Å². The zero-order chi connectivity index (χ0) is 12.5. The monoisotopic (exact) mass is 239 g/mol. The molecule has 0 spiro atoms. The number of ether oxygens (including phenoxy) is 1. The largest absolute Gasteiger partial charge is 0.497 e. The Kier molecular flexibility index (Phi) is 6.62. The molecule has 0 heterocycles. The van der Waals surface area contributed by atoms with Crippen LogP contribution in [0.25, 0.3) is 0 Å². The molecule has 0 aliphatic heterocycles. The highest BCUT2D eigenvalue weighted by atomic mass is 16.5. The first-order chi connectivity index (χ1) is 8.30. The van der Waals surface area contributed by atoms with Crippen molar-refractivity contribution in [3.8, 4) is 5.75 Å². The minimum absolute atomic E-state index is 0.140. The normalized spacial score (nSPS) is 10.8. The molecule has 1 aromatic rings. The quantitative estimate of drug-likeness (QED) is 0.707. The van der Waals surface area contributed by atoms with Gasteiger partial charge >= 0.3 is 0 Å². The fraction of sp³-hybridized carbons (Fsp3) is 0.538. The van der Waals surface area contributed by atoms with Crippen LogP contribution in [0, 0.1) is 0 Å². The SMILES string of the molecule is COc1ccc(CN(CCO)CCCO)cc1. The molecule has 0 bridgehead atoms. The van der Waals surface area contributed by atoms with Gasteiger partial charge in [-0.2, -0.15) is 0 Å². The third-order valence-electron chi connectivity index (χ3n) is 2.61. The number of benzene rings is 1. The van der Waals surface area contributed by atoms with Crippen LogP contribution in [0.3, 0.4) is 0 Å². The summed E-state index contributed by atoms with van der Waals surface area (Å²) in [7, 11) is 1.65. The second-order valence-corrected chi connectivity index (χ2v) is 3.92. The van der Waals surface area contributed by atoms with Crippen LogP contribution in [0.5, 0.6) is 5.75 Å². The van der Waals surface area contributed by atoms with Gasteiger partial charge in [0.1, 0.15) is 5.75 Å². The number of methoxy groups -OCH3 is 1. The maximum absolute atomic E-state index is 8.97. The van der Waals surface area contributed by atoms with Gasteiger partial charge in [0.2, 0.25) is 0 Å². The fourth-order valence-corrected chi connectivity index (χ4v) is 1.69. The number of hydrogen-bond donors (Lipinski definition) is 2. The number of rotatable bonds is 8. The fourth-order valence-electron chi connectivity index (χ4n) is 1.69. The van der Waals surface area contributed by atoms with Crippen molar-refractivity contribution in [3.63, 3.8) is 0 Å². The molecule has 2 N–H and O–H groups in total. The third kappa shape index (κ3) is 5.17. The maximum Gasteiger partial charge on any atom is 0.118 e. The van der Waals surface area contributed by atoms with E-state index in [2.05, 4.69) is 4.90 Å². The lowest BCUT2D eigenvalue weighted by molar-refractivity contribution is 0.174. The van der Waals surface area contributed by atoms with E-state index in [9.17, 15) is 0 Å². The van der Waals surface area contributed by atoms with E-state index >= 15 is 0 Å². The molecule has 0 unspecified atom stereocenters. The average molecular weight is 239 g/mol. The summed E-state index contributed by atoms with van der Waals surface area (Å²) < 4.78 is 5.10. The van der Waals surface area contributed by atoms with Gasteiger partial charge in [-0.3, -0.25) is 4.90 Å². The van der Waals surface area contributed by atoms with E-state index < -0.39 is 0 Å². The summed E-state index contributed by atoms with van der Waals surface area (Å²) >= 11 is 0. The predicted molar refractivity (Wildman–Crippen MR) is 67.1 cm³/mol. The third-order valence-corrected chi connectivity index (χ3v) is 2.61. The smallest absolute Gasteiger partial charge is 0.118 e. The van der Waals surface area contributed by atoms with Gasteiger partial charge in [-0.25, -0.2) is 0 Å². The minimum atomic E-state index is 0.140. The molecule has 0 aliphatic rings. The summed E-state index contributed by atoms with van der Waals surface area (Å²) in [6.07, 6.45) is 0.732. The van der Waals surface area contributed by atoms with E-state index in [-0.39, 0.29) is 13.2 Å². The summed E-state index contributed by atoms with van der Waals surface area (Å²) in [4.78, 5) is 2.12. The van der Waals surface area contributed by atoms with Gasteiger partial charge < -0.3 is 14.9 Å². The van der Waals surface area contributed by atoms with Gasteiger partial charge in [-0.15, -0.1) is 0 Å². The highest BCUT2D eigenvalue weighted by Crippen LogP contribution is 2.13. The summed E-state index contributed by atoms with van der Waals surface area (Å²) in [6, 6.07) is 7.89. The second-order valence-electron chi connectivity index (χ2n) is 3.92. The van der Waals surface area contributed by atoms with Crippen molar-refractivity contribution in [3.05, 3.63) is 29.8 Å². The summed E-state index contributed by atoms with van der Waals surface area (Å²) in [5.41, 5.74) is 1.18. The molecule has 0 fully saturated rings. The molecule has 0 atom stereocenters. The molecule has 0 aromatic heterocycles. The van der Waals surface area contributed by atoms with Crippen LogP contribution >= 0.6 is 0 Å². The van der Waals surface area contributed by atoms with Crippen molar-refractivity contribution in [2.24, 2.45) is 0 Å². The average Bonchev–Trinajstić information content (AvgIpc) is 2.37. The van der Waals surface area contributed by atoms with E-state index in [0.717, 1.165) is 25.3 Å². The second kappa shape index (κ2) is 8.06. The van der Waals surface area contributed by atoms with Crippen LogP contribution in [0.1, 0.15) is 12.0 Å². The van der Waals surface area contributed by atoms with Crippen LogP contribution in [-0.4, -0.2) is 48.5 Å². The Hall–Kier alpha value is -1.10. The van der Waals surface area contributed by atoms with Crippen molar-refractivity contribution in [1.82, 2.24) is 4.90 Å². The molecular formula is C13H21NO3. The van der Waals surface area contributed by atoms with Crippen molar-refractivity contribution in [2.45, 2.75) is 13.0 Å². The van der Waals surface area contributed by atoms with E-state index in [1.54, 1.807) is 7.11 Å². The van der Waals surface area contributed by atoms with Crippen LogP contribution in [0.2, 0.25) is 0 Å². The van der Waals surface area contributed by atoms with Crippen LogP contribution in [0.4, 0.5) is 0 Å². The Morgan fingerprint density at radius 3 is 2.29 bits per heavy atom. The summed E-state index contributed by atoms with van der Waals surface area (Å²) in [5, 5.41) is 17.8. The molecule has 17 heavy (non-hydrogen) atoms. The van der Waals surface area contributed by atoms with Crippen LogP contribution in [-0.2, 0) is 6.54 Å². The number of hydrogen-bond acceptors (Lipinski definition) is 4. The molecule has 0 saturated carbocycles. The molecule has 0 saturated heterocycles. The molecule has 96 valence electrons. The zero-order valence-corrected chi connectivity index (χ0v) is 10.3. The van der Waals surface area contributed by atoms with Crippen molar-refractivity contribution in [2.75, 3.05) is 33.4 Å². The van der Waals surface area contributed by atoms with Crippen molar-refractivity contribution < 1.29 is 14.9 Å². The highest BCUT2D eigenvalue weighted by Gasteiger charge is 2.05. The van der Waals surface area contributed by atoms with Gasteiger partial charge in [0.25, 0.3) is 0 Å². The molecule has 1 aromatic carbocycles. The van der Waals surface area contributed by atoms with Gasteiger partial charge in [-0.05, 0) is 24.1 Å². The Balaban J connectivity index is 2.51. The maximum atomic E-state index is 8.97. The number of aliphatic hydroxyl groups excluding tert-OH is 2. The molecule has 4 nitrogen and oxygen atoms in total. The predicted octanol–water partition coefficient (Wildman–Crippen LogP) is 0.872. The molecule has 0 radical (unpaired) electrons. The van der Waals surface area contributed by atoms with Gasteiger partial charge in [-0.1, -0.05) is 12.1 Å². The lowest BCUT2D eigenvalue weighted by atomic mass is 10.2. The van der Waals surface area contributed by atoms with E-state index in [0.29, 0.717) is 6.54 Å². The standard InChI is InChI=1S/C13H21NO3/c1-17-13-5-3-12(4-6-13)11-14(8-10-16)7-2-9-15/h3-6,15-16H,2,7-11H2,1H3. The van der Waals surface area contributed by atoms with Crippen molar-refractivity contribution in [1.29, 1.82) is 0 Å². The van der Waals surface area contributed by atoms with Gasteiger partial charge in [0, 0.05) is 26.2 Å². The van der Waals surface area contributed by atoms with Crippen LogP contribution in [0.15, 0.2) is 24.3 Å². The van der Waals surface area contributed by atoms with Gasteiger partial charge in [0.05, 0.1) is 13.7 Å². The molecule has 4 heteroatoms. The Morgan fingerprint density at radius 2 is 1.76 bits per heavy atom. The van der Waals surface area contributed by atoms with E-state index in [1.807, 2.05) is 24.3 Å². The van der Waals surface area contributed by atoms with Crippen LogP contribution < -0.4 is 4.74 Å². The number of aliphatic hydroxyl groups is 2. The molecule has 0 aliphatic carbocycles. The Bertz CT molecular complexity index is 300. The Morgan fingerprint density at radius 1 is 1.06 bits per heavy atom. The summed E-state index contributed by atoms with van der Waals surface area (Å²) in [6.45, 7) is 2.53. The summed E-state index contributed by atoms with van der Waals surface area (Å²) in [5.74, 6) is 0.845. The molecular weight excluding hydrogens is 218 g/mol. The topological polar surface area (TPSA) is 52.9 Å². The highest BCUT2D eigenvalue weighted by molar-refractivity contribution is 5.27. The lowest BCUT2D eigenvalue weighted by Crippen LogP contribution is -2.28. The van der Waals surface area contributed by atoms with E-state index in [4.69, 9.17) is 14.9 Å². The number of nitrogens with zero attached hydrogens (tertiary/aromatic N) is 1. The first-order valence-electron chi connectivity index (χ1n) is 5.87. The first-order valence-corrected chi connectivity index (χ1v) is 5.87. The van der Waals surface area contributed by atoms with E-state index in [1.165, 1.54) is 5.56 Å². The molecule has 0 amide bonds. The lowest BCUT2D eigenvalue weighted by Gasteiger charge is -2.20. The first kappa shape index (κ1) is 14.0.